The Morgan fingerprint density at radius 2 is 1.53 bits per heavy atom. The molecule has 0 aromatic carbocycles. The van der Waals surface area contributed by atoms with Crippen LogP contribution in [0.1, 0.15) is 146 Å². The summed E-state index contributed by atoms with van der Waals surface area (Å²) in [5.41, 5.74) is 0.0124. The second-order valence-corrected chi connectivity index (χ2v) is 23.0. The lowest BCUT2D eigenvalue weighted by molar-refractivity contribution is -0.265. The maximum atomic E-state index is 14.7. The summed E-state index contributed by atoms with van der Waals surface area (Å²) in [4.78, 5) is 86.5. The van der Waals surface area contributed by atoms with Crippen molar-refractivity contribution < 1.29 is 77.2 Å². The molecule has 0 aromatic heterocycles. The highest BCUT2D eigenvalue weighted by atomic mass is 16.6. The van der Waals surface area contributed by atoms with E-state index in [4.69, 9.17) is 33.2 Å². The summed E-state index contributed by atoms with van der Waals surface area (Å²) in [5.74, 6) is -8.87. The van der Waals surface area contributed by atoms with E-state index in [2.05, 4.69) is 0 Å². The molecule has 0 spiro atoms. The van der Waals surface area contributed by atoms with Crippen LogP contribution in [0.15, 0.2) is 47.6 Å². The van der Waals surface area contributed by atoms with Crippen LogP contribution in [0.5, 0.6) is 0 Å². The van der Waals surface area contributed by atoms with Gasteiger partial charge in [0.15, 0.2) is 5.78 Å². The van der Waals surface area contributed by atoms with E-state index in [1.807, 2.05) is 78.8 Å². The zero-order valence-corrected chi connectivity index (χ0v) is 47.8. The van der Waals surface area contributed by atoms with Crippen molar-refractivity contribution in [2.75, 3.05) is 41.1 Å². The molecule has 2 bridgehead atoms. The molecule has 1 saturated carbocycles. The molecule has 17 nitrogen and oxygen atoms in total. The molecule has 0 unspecified atom stereocenters. The van der Waals surface area contributed by atoms with Crippen LogP contribution in [-0.4, -0.2) is 157 Å². The van der Waals surface area contributed by atoms with E-state index < -0.39 is 120 Å². The number of piperidine rings is 1. The summed E-state index contributed by atoms with van der Waals surface area (Å²) in [6, 6.07) is -1.19. The molecule has 0 radical (unpaired) electrons. The molecule has 430 valence electrons. The fraction of sp³-hybridized carbons (Fsp3) is 0.763. The number of hydrogen-bond acceptors (Lipinski definition) is 16. The Morgan fingerprint density at radius 3 is 2.16 bits per heavy atom. The highest BCUT2D eigenvalue weighted by molar-refractivity contribution is 6.39. The van der Waals surface area contributed by atoms with Gasteiger partial charge in [-0.2, -0.15) is 0 Å². The maximum Gasteiger partial charge on any atom is 0.329 e. The van der Waals surface area contributed by atoms with Gasteiger partial charge in [-0.3, -0.25) is 24.0 Å². The van der Waals surface area contributed by atoms with Crippen molar-refractivity contribution in [1.82, 2.24) is 4.90 Å². The molecule has 3 aliphatic heterocycles. The highest BCUT2D eigenvalue weighted by Crippen LogP contribution is 2.39. The number of allylic oxidation sites excluding steroid dienone is 6. The molecule has 1 aliphatic carbocycles. The number of aliphatic hydroxyl groups excluding tert-OH is 2. The van der Waals surface area contributed by atoms with Gasteiger partial charge in [-0.1, -0.05) is 71.1 Å². The molecule has 17 heteroatoms. The van der Waals surface area contributed by atoms with Gasteiger partial charge in [-0.15, -0.1) is 0 Å². The van der Waals surface area contributed by atoms with Gasteiger partial charge in [0.05, 0.1) is 37.6 Å². The average molecular weight is 1070 g/mol. The number of carbonyl (C=O) groups is 6. The third-order valence-corrected chi connectivity index (χ3v) is 16.3. The first-order chi connectivity index (χ1) is 35.9. The number of nitrogens with zero attached hydrogens (tertiary/aromatic N) is 1. The number of hydrogen-bond donors (Lipinski definition) is 3. The van der Waals surface area contributed by atoms with Gasteiger partial charge in [-0.05, 0) is 128 Å². The molecular formula is C59H93NO16. The van der Waals surface area contributed by atoms with Crippen LogP contribution in [0.25, 0.3) is 0 Å². The summed E-state index contributed by atoms with van der Waals surface area (Å²) in [6.07, 6.45) is 10.8. The molecular weight excluding hydrogens is 979 g/mol. The zero-order valence-electron chi connectivity index (χ0n) is 47.8. The molecule has 4 aliphatic rings. The predicted molar refractivity (Wildman–Crippen MR) is 285 cm³/mol. The average Bonchev–Trinajstić information content (AvgIpc) is 3.39. The van der Waals surface area contributed by atoms with E-state index in [1.54, 1.807) is 27.0 Å². The fourth-order valence-corrected chi connectivity index (χ4v) is 11.1. The SMILES string of the molecule is CO[C@H]1C[C@@H]2CC[C@@H](C)[C@@](O)(O2)C(=O)C(=O)N2CCCC[C@H]2C(=O)O[C@H]([C@H](C)C[C@@H]2CC[C@@H](OC(=O)C(C)(CO)CO)[C@H](OC)C2)CC(=O)[C@H](C)/C=C(\C)[C@@H](OC(C)C)[C@@H](OC)C(=O)[C@H](C)C[C@H](C)/C=C/C=CC=C1C. The standard InChI is InChI=1S/C59H93NO16/c1-35(2)73-52-41(8)28-38(5)46(63)32-49(39(6)29-43-23-25-47(50(30-43)71-12)75-57(68)58(10,33-61)34-62)74-56(67)45-21-17-18-26-60(45)55(66)54(65)59(69)42(9)22-24-44(76-59)31-48(70-11)37(4)20-16-14-15-19-36(3)27-40(7)51(64)53(52)72-13/h14-16,19-20,28,35-36,38-40,42-45,47-50,52-53,61-62,69H,17-18,21-27,29-34H2,1-13H3/b16-14?,19-15+,37-20?,41-28+/t36-,38-,39-,40-,42-,43+,44+,45+,47-,48+,49+,50-,52-,53+,59-/m1/s1. The number of cyclic esters (lactones) is 1. The van der Waals surface area contributed by atoms with Crippen LogP contribution in [0.3, 0.4) is 0 Å². The van der Waals surface area contributed by atoms with Crippen molar-refractivity contribution >= 4 is 35.2 Å². The van der Waals surface area contributed by atoms with Crippen LogP contribution in [0.2, 0.25) is 0 Å². The van der Waals surface area contributed by atoms with Crippen LogP contribution >= 0.6 is 0 Å². The number of fused-ring (bicyclic) bond motifs is 3. The third kappa shape index (κ3) is 17.0. The zero-order chi connectivity index (χ0) is 56.7. The first kappa shape index (κ1) is 64.6. The summed E-state index contributed by atoms with van der Waals surface area (Å²) < 4.78 is 42.3. The number of aliphatic hydroxyl groups is 3. The maximum absolute atomic E-state index is 14.7. The number of amides is 1. The molecule has 3 heterocycles. The molecule has 2 saturated heterocycles. The normalized spacial score (nSPS) is 35.4. The van der Waals surface area contributed by atoms with Crippen molar-refractivity contribution in [2.45, 2.75) is 207 Å². The number of Topliss-reactive ketones (excluding diaryl/α,β-unsaturated/α-hetero) is 3. The van der Waals surface area contributed by atoms with Crippen LogP contribution in [0, 0.1) is 40.9 Å². The Bertz CT molecular complexity index is 2080. The van der Waals surface area contributed by atoms with Crippen molar-refractivity contribution in [3.8, 4) is 0 Å². The van der Waals surface area contributed by atoms with Crippen LogP contribution < -0.4 is 0 Å². The minimum Gasteiger partial charge on any atom is -0.460 e. The van der Waals surface area contributed by atoms with E-state index in [1.165, 1.54) is 26.0 Å². The van der Waals surface area contributed by atoms with Gasteiger partial charge >= 0.3 is 11.9 Å². The quantitative estimate of drug-likeness (QED) is 0.100. The van der Waals surface area contributed by atoms with Gasteiger partial charge in [0, 0.05) is 58.5 Å². The molecule has 15 atom stereocenters. The van der Waals surface area contributed by atoms with Crippen LogP contribution in [-0.2, 0) is 61.9 Å². The minimum absolute atomic E-state index is 0.0258. The lowest BCUT2D eigenvalue weighted by Gasteiger charge is -2.42. The molecule has 3 N–H and O–H groups in total. The summed E-state index contributed by atoms with van der Waals surface area (Å²) in [7, 11) is 4.57. The van der Waals surface area contributed by atoms with Crippen LogP contribution in [0.4, 0.5) is 0 Å². The molecule has 0 aromatic rings. The third-order valence-electron chi connectivity index (χ3n) is 16.3. The van der Waals surface area contributed by atoms with Gasteiger partial charge in [-0.25, -0.2) is 4.79 Å². The minimum atomic E-state index is -2.46. The van der Waals surface area contributed by atoms with Crippen molar-refractivity contribution in [1.29, 1.82) is 0 Å². The van der Waals surface area contributed by atoms with Gasteiger partial charge < -0.3 is 53.4 Å². The Hall–Kier alpha value is -3.94. The summed E-state index contributed by atoms with van der Waals surface area (Å²) >= 11 is 0. The van der Waals surface area contributed by atoms with E-state index in [9.17, 15) is 44.1 Å². The Labute approximate surface area is 452 Å². The topological polar surface area (TPSA) is 231 Å². The number of methoxy groups -OCH3 is 3. The number of ketones is 3. The monoisotopic (exact) mass is 1070 g/mol. The van der Waals surface area contributed by atoms with Crippen molar-refractivity contribution in [2.24, 2.45) is 40.9 Å². The van der Waals surface area contributed by atoms with Gasteiger partial charge in [0.1, 0.15) is 41.7 Å². The number of esters is 2. The number of ether oxygens (including phenoxy) is 7. The smallest absolute Gasteiger partial charge is 0.329 e. The van der Waals surface area contributed by atoms with E-state index >= 15 is 0 Å². The van der Waals surface area contributed by atoms with E-state index in [0.29, 0.717) is 69.8 Å². The summed E-state index contributed by atoms with van der Waals surface area (Å²) in [5, 5.41) is 31.7. The molecule has 1 amide bonds. The van der Waals surface area contributed by atoms with E-state index in [-0.39, 0.29) is 48.9 Å². The predicted octanol–water partition coefficient (Wildman–Crippen LogP) is 7.16. The lowest BCUT2D eigenvalue weighted by Crippen LogP contribution is -2.61. The molecule has 3 fully saturated rings. The largest absolute Gasteiger partial charge is 0.460 e. The second-order valence-electron chi connectivity index (χ2n) is 23.0. The fourth-order valence-electron chi connectivity index (χ4n) is 11.1. The van der Waals surface area contributed by atoms with Crippen molar-refractivity contribution in [3.63, 3.8) is 0 Å². The first-order valence-corrected chi connectivity index (χ1v) is 27.8. The second kappa shape index (κ2) is 29.9. The van der Waals surface area contributed by atoms with Crippen molar-refractivity contribution in [3.05, 3.63) is 47.6 Å². The van der Waals surface area contributed by atoms with Gasteiger partial charge in [0.25, 0.3) is 11.7 Å². The highest BCUT2D eigenvalue weighted by Gasteiger charge is 2.53. The Kier molecular flexibility index (Phi) is 25.4. The van der Waals surface area contributed by atoms with E-state index in [0.717, 1.165) is 5.57 Å². The first-order valence-electron chi connectivity index (χ1n) is 27.8. The summed E-state index contributed by atoms with van der Waals surface area (Å²) in [6.45, 7) is 17.0. The Morgan fingerprint density at radius 1 is 0.829 bits per heavy atom. The number of rotatable bonds is 12. The lowest BCUT2D eigenvalue weighted by atomic mass is 9.78. The van der Waals surface area contributed by atoms with Gasteiger partial charge in [0.2, 0.25) is 5.79 Å². The molecule has 76 heavy (non-hydrogen) atoms. The molecule has 4 rings (SSSR count). The Balaban J connectivity index is 1.74. The number of carbonyl (C=O) groups excluding carboxylic acids is 6.